The van der Waals surface area contributed by atoms with Gasteiger partial charge < -0.3 is 10.5 Å². The molecule has 2 N–H and O–H groups in total. The second-order valence-corrected chi connectivity index (χ2v) is 8.39. The summed E-state index contributed by atoms with van der Waals surface area (Å²) in [5, 5.41) is 0. The van der Waals surface area contributed by atoms with Gasteiger partial charge in [-0.25, -0.2) is 0 Å². The van der Waals surface area contributed by atoms with Crippen LogP contribution in [0.25, 0.3) is 0 Å². The number of rotatable bonds is 3. The number of hydrogen-bond donors (Lipinski definition) is 1. The molecule has 0 atom stereocenters. The maximum atomic E-state index is 6.61. The van der Waals surface area contributed by atoms with Gasteiger partial charge in [-0.05, 0) is 87.4 Å². The van der Waals surface area contributed by atoms with Crippen LogP contribution in [0.3, 0.4) is 0 Å². The van der Waals surface area contributed by atoms with Crippen molar-refractivity contribution >= 4 is 0 Å². The van der Waals surface area contributed by atoms with Crippen molar-refractivity contribution in [3.63, 3.8) is 0 Å². The maximum absolute atomic E-state index is 6.61. The first-order valence-electron chi connectivity index (χ1n) is 8.52. The molecule has 1 heterocycles. The van der Waals surface area contributed by atoms with Crippen LogP contribution in [0.15, 0.2) is 0 Å². The molecule has 0 aromatic carbocycles. The Balaban J connectivity index is 1.42. The van der Waals surface area contributed by atoms with Gasteiger partial charge in [0.05, 0.1) is 0 Å². The first-order chi connectivity index (χ1) is 9.15. The highest BCUT2D eigenvalue weighted by Crippen LogP contribution is 2.62. The zero-order valence-corrected chi connectivity index (χ0v) is 12.2. The van der Waals surface area contributed by atoms with Gasteiger partial charge in [-0.3, -0.25) is 0 Å². The lowest BCUT2D eigenvalue weighted by Crippen LogP contribution is -2.49. The minimum absolute atomic E-state index is 0.0988. The van der Waals surface area contributed by atoms with E-state index in [1.165, 1.54) is 32.1 Å². The maximum Gasteiger partial charge on any atom is 0.0483 e. The average molecular weight is 263 g/mol. The quantitative estimate of drug-likeness (QED) is 0.846. The second-order valence-electron chi connectivity index (χ2n) is 8.39. The van der Waals surface area contributed by atoms with Gasteiger partial charge in [0.1, 0.15) is 0 Å². The summed E-state index contributed by atoms with van der Waals surface area (Å²) in [6.07, 6.45) is 14.1. The second kappa shape index (κ2) is 4.46. The van der Waals surface area contributed by atoms with Gasteiger partial charge in [-0.2, -0.15) is 0 Å². The normalized spacial score (nSPS) is 47.5. The average Bonchev–Trinajstić information content (AvgIpc) is 2.36. The Bertz CT molecular complexity index is 310. The Kier molecular flexibility index (Phi) is 2.97. The molecule has 4 saturated carbocycles. The zero-order chi connectivity index (χ0) is 12.9. The molecule has 4 aliphatic carbocycles. The summed E-state index contributed by atoms with van der Waals surface area (Å²) >= 11 is 0. The van der Waals surface area contributed by atoms with Gasteiger partial charge >= 0.3 is 0 Å². The fraction of sp³-hybridized carbons (Fsp3) is 1.00. The minimum Gasteiger partial charge on any atom is -0.381 e. The Morgan fingerprint density at radius 1 is 0.842 bits per heavy atom. The smallest absolute Gasteiger partial charge is 0.0483 e. The third-order valence-corrected chi connectivity index (χ3v) is 6.81. The summed E-state index contributed by atoms with van der Waals surface area (Å²) in [5.41, 5.74) is 7.41. The van der Waals surface area contributed by atoms with Crippen LogP contribution in [0.1, 0.15) is 64.2 Å². The first kappa shape index (κ1) is 12.6. The van der Waals surface area contributed by atoms with Gasteiger partial charge in [-0.1, -0.05) is 0 Å². The molecule has 0 amide bonds. The molecule has 0 aromatic rings. The molecule has 5 fully saturated rings. The molecular formula is C17H29NO. The molecule has 108 valence electrons. The molecule has 1 saturated heterocycles. The SMILES string of the molecule is NC1(CCC23CC4CC(CC(C4)C2)C3)CCOCC1. The van der Waals surface area contributed by atoms with Crippen molar-refractivity contribution in [1.82, 2.24) is 0 Å². The number of nitrogens with two attached hydrogens (primary N) is 1. The summed E-state index contributed by atoms with van der Waals surface area (Å²) < 4.78 is 5.48. The van der Waals surface area contributed by atoms with Gasteiger partial charge in [-0.15, -0.1) is 0 Å². The monoisotopic (exact) mass is 263 g/mol. The predicted octanol–water partition coefficient (Wildman–Crippen LogP) is 3.49. The summed E-state index contributed by atoms with van der Waals surface area (Å²) in [6, 6.07) is 0. The van der Waals surface area contributed by atoms with E-state index in [9.17, 15) is 0 Å². The van der Waals surface area contributed by atoms with Gasteiger partial charge in [0, 0.05) is 18.8 Å². The molecule has 5 aliphatic rings. The molecule has 2 heteroatoms. The molecule has 5 rings (SSSR count). The van der Waals surface area contributed by atoms with E-state index >= 15 is 0 Å². The van der Waals surface area contributed by atoms with E-state index < -0.39 is 0 Å². The van der Waals surface area contributed by atoms with Crippen molar-refractivity contribution in [2.75, 3.05) is 13.2 Å². The lowest BCUT2D eigenvalue weighted by atomic mass is 9.48. The van der Waals surface area contributed by atoms with Crippen LogP contribution in [0.4, 0.5) is 0 Å². The third kappa shape index (κ3) is 2.35. The minimum atomic E-state index is 0.0988. The molecule has 0 unspecified atom stereocenters. The standard InChI is InChI=1S/C17H29NO/c18-17(3-5-19-6-4-17)2-1-16-10-13-7-14(11-16)9-15(8-13)12-16/h13-15H,1-12,18H2. The van der Waals surface area contributed by atoms with Crippen LogP contribution >= 0.6 is 0 Å². The Morgan fingerprint density at radius 2 is 1.37 bits per heavy atom. The van der Waals surface area contributed by atoms with Crippen LogP contribution in [-0.4, -0.2) is 18.8 Å². The van der Waals surface area contributed by atoms with Gasteiger partial charge in [0.25, 0.3) is 0 Å². The predicted molar refractivity (Wildman–Crippen MR) is 76.8 cm³/mol. The highest BCUT2D eigenvalue weighted by Gasteiger charge is 2.50. The van der Waals surface area contributed by atoms with Crippen LogP contribution < -0.4 is 5.73 Å². The molecular weight excluding hydrogens is 234 g/mol. The van der Waals surface area contributed by atoms with E-state index in [1.807, 2.05) is 0 Å². The number of ether oxygens (including phenoxy) is 1. The van der Waals surface area contributed by atoms with Crippen LogP contribution in [0.5, 0.6) is 0 Å². The van der Waals surface area contributed by atoms with Gasteiger partial charge in [0.15, 0.2) is 0 Å². The van der Waals surface area contributed by atoms with Crippen molar-refractivity contribution in [3.8, 4) is 0 Å². The fourth-order valence-electron chi connectivity index (χ4n) is 6.14. The molecule has 0 spiro atoms. The molecule has 4 bridgehead atoms. The third-order valence-electron chi connectivity index (χ3n) is 6.81. The Morgan fingerprint density at radius 3 is 1.89 bits per heavy atom. The van der Waals surface area contributed by atoms with Crippen LogP contribution in [0, 0.1) is 23.2 Å². The topological polar surface area (TPSA) is 35.2 Å². The molecule has 2 nitrogen and oxygen atoms in total. The van der Waals surface area contributed by atoms with Crippen molar-refractivity contribution in [1.29, 1.82) is 0 Å². The Hall–Kier alpha value is -0.0800. The first-order valence-corrected chi connectivity index (χ1v) is 8.52. The highest BCUT2D eigenvalue weighted by atomic mass is 16.5. The van der Waals surface area contributed by atoms with Crippen molar-refractivity contribution in [2.45, 2.75) is 69.7 Å². The Labute approximate surface area is 117 Å². The van der Waals surface area contributed by atoms with Crippen molar-refractivity contribution < 1.29 is 4.74 Å². The molecule has 0 aromatic heterocycles. The zero-order valence-electron chi connectivity index (χ0n) is 12.2. The summed E-state index contributed by atoms with van der Waals surface area (Å²) in [4.78, 5) is 0. The largest absolute Gasteiger partial charge is 0.381 e. The number of hydrogen-bond acceptors (Lipinski definition) is 2. The van der Waals surface area contributed by atoms with Crippen LogP contribution in [-0.2, 0) is 4.74 Å². The summed E-state index contributed by atoms with van der Waals surface area (Å²) in [7, 11) is 0. The van der Waals surface area contributed by atoms with Crippen LogP contribution in [0.2, 0.25) is 0 Å². The molecule has 1 aliphatic heterocycles. The van der Waals surface area contributed by atoms with E-state index in [-0.39, 0.29) is 5.54 Å². The van der Waals surface area contributed by atoms with E-state index in [2.05, 4.69) is 0 Å². The van der Waals surface area contributed by atoms with E-state index in [4.69, 9.17) is 10.5 Å². The van der Waals surface area contributed by atoms with Gasteiger partial charge in [0.2, 0.25) is 0 Å². The summed E-state index contributed by atoms with van der Waals surface area (Å²) in [5.74, 6) is 3.24. The van der Waals surface area contributed by atoms with Crippen molar-refractivity contribution in [2.24, 2.45) is 28.9 Å². The van der Waals surface area contributed by atoms with E-state index in [0.717, 1.165) is 43.8 Å². The van der Waals surface area contributed by atoms with E-state index in [1.54, 1.807) is 19.3 Å². The fourth-order valence-corrected chi connectivity index (χ4v) is 6.14. The summed E-state index contributed by atoms with van der Waals surface area (Å²) in [6.45, 7) is 1.77. The highest BCUT2D eigenvalue weighted by molar-refractivity contribution is 5.02. The van der Waals surface area contributed by atoms with E-state index in [0.29, 0.717) is 5.41 Å². The molecule has 0 radical (unpaired) electrons. The molecule has 19 heavy (non-hydrogen) atoms. The lowest BCUT2D eigenvalue weighted by molar-refractivity contribution is -0.0637. The lowest BCUT2D eigenvalue weighted by Gasteiger charge is -2.57. The van der Waals surface area contributed by atoms with Crippen molar-refractivity contribution in [3.05, 3.63) is 0 Å².